The molecule has 0 aliphatic heterocycles. The molecule has 1 atom stereocenters. The van der Waals surface area contributed by atoms with Gasteiger partial charge in [0.2, 0.25) is 0 Å². The molecule has 4 nitrogen and oxygen atoms in total. The molecule has 120 valence electrons. The molecule has 1 unspecified atom stereocenters. The molecule has 2 aromatic rings. The van der Waals surface area contributed by atoms with Crippen LogP contribution in [-0.2, 0) is 6.54 Å². The Balaban J connectivity index is 1.90. The highest BCUT2D eigenvalue weighted by molar-refractivity contribution is 5.49. The van der Waals surface area contributed by atoms with Gasteiger partial charge in [-0.1, -0.05) is 6.07 Å². The molecule has 5 heteroatoms. The van der Waals surface area contributed by atoms with Gasteiger partial charge < -0.3 is 19.7 Å². The number of halogens is 1. The van der Waals surface area contributed by atoms with Crippen molar-refractivity contribution < 1.29 is 13.9 Å². The fourth-order valence-electron chi connectivity index (χ4n) is 2.42. The van der Waals surface area contributed by atoms with Crippen molar-refractivity contribution in [3.8, 4) is 0 Å². The SMILES string of the molecule is CCN(CC)c1ccc(CNCC(O)c2ccco2)cc1F. The summed E-state index contributed by atoms with van der Waals surface area (Å²) in [5, 5.41) is 13.0. The van der Waals surface area contributed by atoms with E-state index in [4.69, 9.17) is 4.42 Å². The first-order valence-electron chi connectivity index (χ1n) is 7.61. The average Bonchev–Trinajstić information content (AvgIpc) is 3.04. The lowest BCUT2D eigenvalue weighted by Gasteiger charge is -2.22. The van der Waals surface area contributed by atoms with Gasteiger partial charge in [0.25, 0.3) is 0 Å². The van der Waals surface area contributed by atoms with Gasteiger partial charge in [-0.2, -0.15) is 0 Å². The van der Waals surface area contributed by atoms with Crippen LogP contribution in [0.25, 0.3) is 0 Å². The van der Waals surface area contributed by atoms with Gasteiger partial charge in [-0.3, -0.25) is 0 Å². The van der Waals surface area contributed by atoms with E-state index in [0.717, 1.165) is 18.7 Å². The smallest absolute Gasteiger partial charge is 0.146 e. The number of nitrogens with one attached hydrogen (secondary N) is 1. The van der Waals surface area contributed by atoms with Crippen molar-refractivity contribution in [3.05, 3.63) is 53.7 Å². The van der Waals surface area contributed by atoms with E-state index in [1.54, 1.807) is 18.2 Å². The number of rotatable bonds is 8. The maximum absolute atomic E-state index is 14.1. The van der Waals surface area contributed by atoms with Crippen LogP contribution in [0.3, 0.4) is 0 Å². The topological polar surface area (TPSA) is 48.6 Å². The van der Waals surface area contributed by atoms with E-state index in [1.807, 2.05) is 30.9 Å². The van der Waals surface area contributed by atoms with Crippen molar-refractivity contribution in [2.75, 3.05) is 24.5 Å². The van der Waals surface area contributed by atoms with Crippen LogP contribution in [0.5, 0.6) is 0 Å². The van der Waals surface area contributed by atoms with Crippen molar-refractivity contribution >= 4 is 5.69 Å². The second-order valence-electron chi connectivity index (χ2n) is 5.12. The number of aliphatic hydroxyl groups is 1. The van der Waals surface area contributed by atoms with Crippen LogP contribution in [0.15, 0.2) is 41.0 Å². The Morgan fingerprint density at radius 1 is 1.27 bits per heavy atom. The van der Waals surface area contributed by atoms with E-state index in [9.17, 15) is 9.50 Å². The summed E-state index contributed by atoms with van der Waals surface area (Å²) in [4.78, 5) is 1.98. The molecule has 22 heavy (non-hydrogen) atoms. The monoisotopic (exact) mass is 306 g/mol. The molecular weight excluding hydrogens is 283 g/mol. The quantitative estimate of drug-likeness (QED) is 0.787. The molecule has 2 N–H and O–H groups in total. The minimum absolute atomic E-state index is 0.213. The highest BCUT2D eigenvalue weighted by atomic mass is 19.1. The first-order valence-corrected chi connectivity index (χ1v) is 7.61. The molecule has 0 spiro atoms. The number of hydrogen-bond acceptors (Lipinski definition) is 4. The first-order chi connectivity index (χ1) is 10.7. The molecule has 0 aliphatic rings. The van der Waals surface area contributed by atoms with Gasteiger partial charge >= 0.3 is 0 Å². The van der Waals surface area contributed by atoms with Crippen LogP contribution in [0.1, 0.15) is 31.3 Å². The molecular formula is C17H23FN2O2. The number of furan rings is 1. The molecule has 0 amide bonds. The number of nitrogens with zero attached hydrogens (tertiary/aromatic N) is 1. The van der Waals surface area contributed by atoms with Crippen LogP contribution < -0.4 is 10.2 Å². The summed E-state index contributed by atoms with van der Waals surface area (Å²) in [5.74, 6) is 0.310. The fraction of sp³-hybridized carbons (Fsp3) is 0.412. The normalized spacial score (nSPS) is 12.4. The summed E-state index contributed by atoms with van der Waals surface area (Å²) in [7, 11) is 0. The van der Waals surface area contributed by atoms with Crippen LogP contribution >= 0.6 is 0 Å². The van der Waals surface area contributed by atoms with Gasteiger partial charge in [0.05, 0.1) is 12.0 Å². The average molecular weight is 306 g/mol. The van der Waals surface area contributed by atoms with Crippen LogP contribution in [0, 0.1) is 5.82 Å². The molecule has 1 aromatic heterocycles. The predicted molar refractivity (Wildman–Crippen MR) is 85.3 cm³/mol. The van der Waals surface area contributed by atoms with Crippen LogP contribution in [-0.4, -0.2) is 24.7 Å². The summed E-state index contributed by atoms with van der Waals surface area (Å²) >= 11 is 0. The van der Waals surface area contributed by atoms with Crippen LogP contribution in [0.2, 0.25) is 0 Å². The van der Waals surface area contributed by atoms with Gasteiger partial charge in [-0.05, 0) is 43.7 Å². The largest absolute Gasteiger partial charge is 0.467 e. The first kappa shape index (κ1) is 16.5. The van der Waals surface area contributed by atoms with Gasteiger partial charge in [-0.15, -0.1) is 0 Å². The molecule has 0 saturated heterocycles. The summed E-state index contributed by atoms with van der Waals surface area (Å²) in [6.45, 7) is 6.42. The Morgan fingerprint density at radius 3 is 2.64 bits per heavy atom. The minimum Gasteiger partial charge on any atom is -0.467 e. The molecule has 0 fully saturated rings. The van der Waals surface area contributed by atoms with Crippen molar-refractivity contribution in [3.63, 3.8) is 0 Å². The Labute approximate surface area is 130 Å². The third-order valence-electron chi connectivity index (χ3n) is 3.65. The highest BCUT2D eigenvalue weighted by Crippen LogP contribution is 2.20. The second-order valence-corrected chi connectivity index (χ2v) is 5.12. The minimum atomic E-state index is -0.699. The van der Waals surface area contributed by atoms with E-state index >= 15 is 0 Å². The van der Waals surface area contributed by atoms with Crippen molar-refractivity contribution in [2.45, 2.75) is 26.5 Å². The maximum atomic E-state index is 14.1. The van der Waals surface area contributed by atoms with E-state index in [1.165, 1.54) is 6.26 Å². The number of benzene rings is 1. The molecule has 0 bridgehead atoms. The lowest BCUT2D eigenvalue weighted by Crippen LogP contribution is -2.23. The third-order valence-corrected chi connectivity index (χ3v) is 3.65. The fourth-order valence-corrected chi connectivity index (χ4v) is 2.42. The second kappa shape index (κ2) is 7.96. The van der Waals surface area contributed by atoms with Crippen molar-refractivity contribution in [1.29, 1.82) is 0 Å². The Morgan fingerprint density at radius 2 is 2.05 bits per heavy atom. The van der Waals surface area contributed by atoms with Crippen LogP contribution in [0.4, 0.5) is 10.1 Å². The van der Waals surface area contributed by atoms with E-state index in [-0.39, 0.29) is 5.82 Å². The highest BCUT2D eigenvalue weighted by Gasteiger charge is 2.11. The molecule has 1 heterocycles. The summed E-state index contributed by atoms with van der Waals surface area (Å²) < 4.78 is 19.3. The zero-order chi connectivity index (χ0) is 15.9. The van der Waals surface area contributed by atoms with Gasteiger partial charge in [-0.25, -0.2) is 4.39 Å². The summed E-state index contributed by atoms with van der Waals surface area (Å²) in [6.07, 6.45) is 0.828. The number of aliphatic hydroxyl groups excluding tert-OH is 1. The van der Waals surface area contributed by atoms with Gasteiger partial charge in [0.15, 0.2) is 0 Å². The summed E-state index contributed by atoms with van der Waals surface area (Å²) in [6, 6.07) is 8.72. The molecule has 1 aromatic carbocycles. The lowest BCUT2D eigenvalue weighted by molar-refractivity contribution is 0.147. The number of anilines is 1. The summed E-state index contributed by atoms with van der Waals surface area (Å²) in [5.41, 5.74) is 1.48. The zero-order valence-corrected chi connectivity index (χ0v) is 13.1. The standard InChI is InChI=1S/C17H23FN2O2/c1-3-20(4-2)15-8-7-13(10-14(15)18)11-19-12-16(21)17-6-5-9-22-17/h5-10,16,19,21H,3-4,11-12H2,1-2H3. The van der Waals surface area contributed by atoms with Gasteiger partial charge in [0, 0.05) is 26.2 Å². The van der Waals surface area contributed by atoms with E-state index in [2.05, 4.69) is 5.32 Å². The van der Waals surface area contributed by atoms with Crippen molar-refractivity contribution in [2.24, 2.45) is 0 Å². The molecule has 0 aliphatic carbocycles. The predicted octanol–water partition coefficient (Wildman–Crippen LogP) is 3.09. The van der Waals surface area contributed by atoms with Gasteiger partial charge in [0.1, 0.15) is 17.7 Å². The third kappa shape index (κ3) is 4.08. The Kier molecular flexibility index (Phi) is 5.98. The Hall–Kier alpha value is -1.85. The molecule has 0 radical (unpaired) electrons. The van der Waals surface area contributed by atoms with E-state index < -0.39 is 6.10 Å². The molecule has 2 rings (SSSR count). The van der Waals surface area contributed by atoms with Crippen molar-refractivity contribution in [1.82, 2.24) is 5.32 Å². The maximum Gasteiger partial charge on any atom is 0.146 e. The lowest BCUT2D eigenvalue weighted by atomic mass is 10.1. The molecule has 0 saturated carbocycles. The Bertz CT molecular complexity index is 568. The number of hydrogen-bond donors (Lipinski definition) is 2. The zero-order valence-electron chi connectivity index (χ0n) is 13.1. The van der Waals surface area contributed by atoms with E-state index in [0.29, 0.717) is 24.5 Å².